The van der Waals surface area contributed by atoms with Crippen molar-refractivity contribution in [2.45, 2.75) is 32.2 Å². The van der Waals surface area contributed by atoms with E-state index in [1.807, 2.05) is 6.92 Å². The number of carboxylic acids is 2. The quantitative estimate of drug-likeness (QED) is 0.505. The summed E-state index contributed by atoms with van der Waals surface area (Å²) in [6.45, 7) is 1.92. The molecule has 25 heavy (non-hydrogen) atoms. The number of unbranched alkanes of at least 4 members (excludes halogenated alkanes) is 1. The Hall–Kier alpha value is -2.19. The van der Waals surface area contributed by atoms with E-state index in [9.17, 15) is 24.6 Å². The molecule has 1 heterocycles. The van der Waals surface area contributed by atoms with Gasteiger partial charge in [-0.3, -0.25) is 9.69 Å². The Morgan fingerprint density at radius 1 is 1.28 bits per heavy atom. The van der Waals surface area contributed by atoms with Gasteiger partial charge in [-0.25, -0.2) is 0 Å². The Morgan fingerprint density at radius 2 is 1.92 bits per heavy atom. The number of carbonyl (C=O) groups excluding carboxylic acids is 3. The summed E-state index contributed by atoms with van der Waals surface area (Å²) in [5, 5.41) is 22.1. The second-order valence-electron chi connectivity index (χ2n) is 5.44. The number of thioether (sulfide) groups is 1. The van der Waals surface area contributed by atoms with E-state index in [1.165, 1.54) is 24.3 Å². The van der Waals surface area contributed by atoms with E-state index in [-0.39, 0.29) is 21.2 Å². The molecule has 8 heteroatoms. The maximum atomic E-state index is 12.6. The normalized spacial score (nSPS) is 17.2. The highest BCUT2D eigenvalue weighted by Gasteiger charge is 2.37. The molecule has 0 aromatic heterocycles. The molecule has 0 spiro atoms. The first-order valence-electron chi connectivity index (χ1n) is 7.64. The van der Waals surface area contributed by atoms with Crippen LogP contribution in [0.5, 0.6) is 0 Å². The summed E-state index contributed by atoms with van der Waals surface area (Å²) in [6, 6.07) is 4.72. The maximum Gasteiger partial charge on any atom is 0.266 e. The highest BCUT2D eigenvalue weighted by molar-refractivity contribution is 8.26. The van der Waals surface area contributed by atoms with Crippen LogP contribution in [0.3, 0.4) is 0 Å². The number of amides is 1. The Balaban J connectivity index is 2.24. The molecule has 0 aliphatic carbocycles. The third-order valence-electron chi connectivity index (χ3n) is 3.68. The van der Waals surface area contributed by atoms with Crippen LogP contribution in [0, 0.1) is 0 Å². The first-order chi connectivity index (χ1) is 11.8. The molecule has 0 radical (unpaired) electrons. The fourth-order valence-corrected chi connectivity index (χ4v) is 3.72. The van der Waals surface area contributed by atoms with Crippen molar-refractivity contribution in [3.05, 3.63) is 40.3 Å². The highest BCUT2D eigenvalue weighted by Crippen LogP contribution is 2.34. The van der Waals surface area contributed by atoms with E-state index in [1.54, 1.807) is 6.08 Å². The molecule has 132 valence electrons. The lowest BCUT2D eigenvalue weighted by atomic mass is 10.1. The number of hydrogen-bond acceptors (Lipinski definition) is 7. The van der Waals surface area contributed by atoms with Gasteiger partial charge in [0.15, 0.2) is 0 Å². The minimum atomic E-state index is -1.33. The van der Waals surface area contributed by atoms with E-state index in [4.69, 9.17) is 12.2 Å². The fourth-order valence-electron chi connectivity index (χ4n) is 2.37. The highest BCUT2D eigenvalue weighted by atomic mass is 32.2. The summed E-state index contributed by atoms with van der Waals surface area (Å²) in [4.78, 5) is 36.1. The van der Waals surface area contributed by atoms with E-state index >= 15 is 0 Å². The third kappa shape index (κ3) is 4.46. The van der Waals surface area contributed by atoms with Gasteiger partial charge in [0.2, 0.25) is 0 Å². The lowest BCUT2D eigenvalue weighted by Gasteiger charge is -2.27. The standard InChI is InChI=1S/C17H17NO5S2/c1-2-3-4-12(16(22)23)18-14(19)13(25-17(18)24)9-10-5-7-11(8-6-10)15(20)21/h5-9,12H,2-4H2,1H3,(H,20,21)(H,22,23)/p-2/b13-9-/t12-/m1/s1. The average Bonchev–Trinajstić information content (AvgIpc) is 2.83. The fraction of sp³-hybridized carbons (Fsp3) is 0.294. The number of aliphatic carboxylic acids is 1. The van der Waals surface area contributed by atoms with Crippen LogP contribution in [0.1, 0.15) is 42.1 Å². The summed E-state index contributed by atoms with van der Waals surface area (Å²) < 4.78 is 0.174. The average molecular weight is 377 g/mol. The SMILES string of the molecule is CCCC[C@H](C(=O)[O-])N1C(=O)/C(=C/c2ccc(C(=O)[O-])cc2)SC1=S. The number of thiocarbonyl (C=S) groups is 1. The van der Waals surface area contributed by atoms with Crippen molar-refractivity contribution in [2.24, 2.45) is 0 Å². The minimum absolute atomic E-state index is 0.0290. The number of rotatable bonds is 7. The van der Waals surface area contributed by atoms with Gasteiger partial charge in [-0.05, 0) is 23.6 Å². The molecule has 1 aliphatic rings. The van der Waals surface area contributed by atoms with E-state index in [0.29, 0.717) is 12.0 Å². The van der Waals surface area contributed by atoms with Gasteiger partial charge in [0, 0.05) is 0 Å². The summed E-state index contributed by atoms with van der Waals surface area (Å²) in [5.74, 6) is -3.10. The number of carboxylic acid groups (broad SMARTS) is 2. The molecule has 1 saturated heterocycles. The number of hydrogen-bond donors (Lipinski definition) is 0. The molecule has 6 nitrogen and oxygen atoms in total. The lowest BCUT2D eigenvalue weighted by molar-refractivity contribution is -0.310. The van der Waals surface area contributed by atoms with Crippen LogP contribution in [-0.4, -0.2) is 33.1 Å². The zero-order valence-corrected chi connectivity index (χ0v) is 15.0. The molecule has 0 N–H and O–H groups in total. The molecule has 1 aromatic rings. The van der Waals surface area contributed by atoms with Crippen LogP contribution in [0.2, 0.25) is 0 Å². The third-order valence-corrected chi connectivity index (χ3v) is 5.01. The number of aromatic carboxylic acids is 1. The Bertz CT molecular complexity index is 742. The van der Waals surface area contributed by atoms with Crippen molar-refractivity contribution in [3.63, 3.8) is 0 Å². The zero-order chi connectivity index (χ0) is 18.6. The number of benzene rings is 1. The molecule has 0 saturated carbocycles. The molecule has 1 aliphatic heterocycles. The van der Waals surface area contributed by atoms with Crippen LogP contribution in [0.25, 0.3) is 6.08 Å². The predicted molar refractivity (Wildman–Crippen MR) is 94.1 cm³/mol. The smallest absolute Gasteiger partial charge is 0.266 e. The summed E-state index contributed by atoms with van der Waals surface area (Å²) in [5.41, 5.74) is 0.630. The zero-order valence-electron chi connectivity index (χ0n) is 13.4. The molecule has 1 amide bonds. The molecule has 1 fully saturated rings. The maximum absolute atomic E-state index is 12.6. The predicted octanol–water partition coefficient (Wildman–Crippen LogP) is 0.560. The summed E-state index contributed by atoms with van der Waals surface area (Å²) >= 11 is 6.18. The van der Waals surface area contributed by atoms with Gasteiger partial charge in [0.1, 0.15) is 4.32 Å². The van der Waals surface area contributed by atoms with Crippen molar-refractivity contribution in [2.75, 3.05) is 0 Å². The van der Waals surface area contributed by atoms with Gasteiger partial charge in [0.05, 0.1) is 22.9 Å². The van der Waals surface area contributed by atoms with Gasteiger partial charge in [0.25, 0.3) is 5.91 Å². The lowest BCUT2D eigenvalue weighted by Crippen LogP contribution is -2.49. The summed E-state index contributed by atoms with van der Waals surface area (Å²) in [6.07, 6.45) is 3.25. The second-order valence-corrected chi connectivity index (χ2v) is 7.11. The van der Waals surface area contributed by atoms with E-state index < -0.39 is 23.9 Å². The van der Waals surface area contributed by atoms with Crippen molar-refractivity contribution in [1.29, 1.82) is 0 Å². The molecule has 2 rings (SSSR count). The van der Waals surface area contributed by atoms with Crippen LogP contribution >= 0.6 is 24.0 Å². The van der Waals surface area contributed by atoms with Crippen molar-refractivity contribution < 1.29 is 24.6 Å². The first-order valence-corrected chi connectivity index (χ1v) is 8.87. The van der Waals surface area contributed by atoms with Crippen molar-refractivity contribution in [1.82, 2.24) is 4.90 Å². The first kappa shape index (κ1) is 19.1. The van der Waals surface area contributed by atoms with Gasteiger partial charge in [-0.2, -0.15) is 0 Å². The van der Waals surface area contributed by atoms with Crippen LogP contribution in [0.15, 0.2) is 29.2 Å². The molecular formula is C17H15NO5S2-2. The van der Waals surface area contributed by atoms with Crippen LogP contribution in [-0.2, 0) is 9.59 Å². The van der Waals surface area contributed by atoms with E-state index in [2.05, 4.69) is 0 Å². The molecule has 0 unspecified atom stereocenters. The van der Waals surface area contributed by atoms with Gasteiger partial charge in [-0.1, -0.05) is 68.0 Å². The van der Waals surface area contributed by atoms with Gasteiger partial charge in [-0.15, -0.1) is 0 Å². The number of nitrogens with zero attached hydrogens (tertiary/aromatic N) is 1. The Morgan fingerprint density at radius 3 is 2.44 bits per heavy atom. The molecule has 0 bridgehead atoms. The van der Waals surface area contributed by atoms with Gasteiger partial charge >= 0.3 is 0 Å². The largest absolute Gasteiger partial charge is 0.548 e. The van der Waals surface area contributed by atoms with Crippen molar-refractivity contribution in [3.8, 4) is 0 Å². The Labute approximate surface area is 154 Å². The topological polar surface area (TPSA) is 101 Å². The monoisotopic (exact) mass is 377 g/mol. The van der Waals surface area contributed by atoms with Crippen molar-refractivity contribution >= 4 is 52.2 Å². The molecular weight excluding hydrogens is 362 g/mol. The second kappa shape index (κ2) is 8.26. The Kier molecular flexibility index (Phi) is 6.33. The van der Waals surface area contributed by atoms with E-state index in [0.717, 1.165) is 23.1 Å². The van der Waals surface area contributed by atoms with Gasteiger partial charge < -0.3 is 19.8 Å². The molecule has 1 atom stereocenters. The number of carbonyl (C=O) groups is 3. The summed E-state index contributed by atoms with van der Waals surface area (Å²) in [7, 11) is 0. The van der Waals surface area contributed by atoms with Crippen LogP contribution in [0.4, 0.5) is 0 Å². The molecule has 1 aromatic carbocycles. The van der Waals surface area contributed by atoms with Crippen LogP contribution < -0.4 is 10.2 Å². The minimum Gasteiger partial charge on any atom is -0.548 e.